The number of halogens is 4. The van der Waals surface area contributed by atoms with Crippen LogP contribution in [0.25, 0.3) is 0 Å². The van der Waals surface area contributed by atoms with Gasteiger partial charge in [0.05, 0.1) is 17.9 Å². The van der Waals surface area contributed by atoms with E-state index < -0.39 is 27.6 Å². The zero-order valence-corrected chi connectivity index (χ0v) is 19.9. The summed E-state index contributed by atoms with van der Waals surface area (Å²) < 4.78 is 84.8. The molecule has 1 aliphatic heterocycles. The maximum absolute atomic E-state index is 14.6. The van der Waals surface area contributed by atoms with Crippen LogP contribution in [0.3, 0.4) is 0 Å². The molecule has 1 unspecified atom stereocenters. The van der Waals surface area contributed by atoms with Crippen molar-refractivity contribution in [2.24, 2.45) is 0 Å². The van der Waals surface area contributed by atoms with Crippen molar-refractivity contribution in [1.82, 2.24) is 9.21 Å². The van der Waals surface area contributed by atoms with E-state index in [0.717, 1.165) is 24.5 Å². The molecule has 1 heterocycles. The molecule has 0 spiro atoms. The monoisotopic (exact) mass is 502 g/mol. The van der Waals surface area contributed by atoms with Gasteiger partial charge in [-0.3, -0.25) is 4.90 Å². The summed E-state index contributed by atoms with van der Waals surface area (Å²) in [6, 6.07) is 12.8. The summed E-state index contributed by atoms with van der Waals surface area (Å²) in [5.74, 6) is -1.24. The van der Waals surface area contributed by atoms with E-state index in [1.54, 1.807) is 0 Å². The highest BCUT2D eigenvalue weighted by Crippen LogP contribution is 2.32. The van der Waals surface area contributed by atoms with Crippen LogP contribution in [0.2, 0.25) is 0 Å². The van der Waals surface area contributed by atoms with Gasteiger partial charge in [0.25, 0.3) is 0 Å². The molecule has 10 heteroatoms. The summed E-state index contributed by atoms with van der Waals surface area (Å²) in [6.45, 7) is 2.14. The largest absolute Gasteiger partial charge is 0.419 e. The van der Waals surface area contributed by atoms with Gasteiger partial charge < -0.3 is 4.74 Å². The molecule has 0 saturated carbocycles. The minimum absolute atomic E-state index is 0.0113. The van der Waals surface area contributed by atoms with Gasteiger partial charge in [0.1, 0.15) is 5.82 Å². The van der Waals surface area contributed by atoms with Crippen LogP contribution in [-0.4, -0.2) is 56.2 Å². The Balaban J connectivity index is 1.62. The Morgan fingerprint density at radius 2 is 1.82 bits per heavy atom. The van der Waals surface area contributed by atoms with E-state index in [4.69, 9.17) is 4.74 Å². The molecule has 5 nitrogen and oxygen atoms in total. The zero-order valence-electron chi connectivity index (χ0n) is 19.1. The van der Waals surface area contributed by atoms with Crippen LogP contribution in [0, 0.1) is 5.82 Å². The average molecular weight is 503 g/mol. The standard InChI is InChI=1S/C24H30F4N2O3S/c1-34(31,32)30-14-6-11-21(18-30)33-15-7-13-29(16-19-8-3-2-4-9-19)17-20-10-5-12-22(23(20)25)24(26,27)28/h2-5,8-10,12,21H,6-7,11,13-18H2,1H3. The quantitative estimate of drug-likeness (QED) is 0.350. The lowest BCUT2D eigenvalue weighted by molar-refractivity contribution is -0.140. The molecule has 1 atom stereocenters. The fraction of sp³-hybridized carbons (Fsp3) is 0.500. The van der Waals surface area contributed by atoms with Gasteiger partial charge in [0.2, 0.25) is 10.0 Å². The first kappa shape index (κ1) is 26.6. The molecule has 2 aromatic rings. The smallest absolute Gasteiger partial charge is 0.377 e. The highest BCUT2D eigenvalue weighted by molar-refractivity contribution is 7.88. The molecule has 188 valence electrons. The minimum Gasteiger partial charge on any atom is -0.377 e. The second kappa shape index (κ2) is 11.6. The van der Waals surface area contributed by atoms with E-state index in [2.05, 4.69) is 0 Å². The first-order valence-electron chi connectivity index (χ1n) is 11.2. The van der Waals surface area contributed by atoms with Gasteiger partial charge in [-0.15, -0.1) is 0 Å². The summed E-state index contributed by atoms with van der Waals surface area (Å²) in [4.78, 5) is 1.89. The Morgan fingerprint density at radius 1 is 1.09 bits per heavy atom. The van der Waals surface area contributed by atoms with E-state index in [1.807, 2.05) is 35.2 Å². The maximum Gasteiger partial charge on any atom is 0.419 e. The van der Waals surface area contributed by atoms with Crippen molar-refractivity contribution in [3.05, 3.63) is 71.0 Å². The van der Waals surface area contributed by atoms with Gasteiger partial charge in [-0.2, -0.15) is 17.5 Å². The minimum atomic E-state index is -4.75. The van der Waals surface area contributed by atoms with Crippen molar-refractivity contribution in [3.63, 3.8) is 0 Å². The molecule has 1 saturated heterocycles. The summed E-state index contributed by atoms with van der Waals surface area (Å²) in [5, 5.41) is 0. The van der Waals surface area contributed by atoms with E-state index in [0.29, 0.717) is 39.2 Å². The third-order valence-electron chi connectivity index (χ3n) is 5.81. The number of hydrogen-bond donors (Lipinski definition) is 0. The van der Waals surface area contributed by atoms with Crippen LogP contribution in [-0.2, 0) is 34.0 Å². The molecule has 1 fully saturated rings. The second-order valence-electron chi connectivity index (χ2n) is 8.58. The lowest BCUT2D eigenvalue weighted by Gasteiger charge is -2.31. The molecule has 0 radical (unpaired) electrons. The number of alkyl halides is 3. The number of hydrogen-bond acceptors (Lipinski definition) is 4. The van der Waals surface area contributed by atoms with Gasteiger partial charge in [-0.25, -0.2) is 12.8 Å². The van der Waals surface area contributed by atoms with Gasteiger partial charge >= 0.3 is 6.18 Å². The molecule has 0 amide bonds. The first-order valence-corrected chi connectivity index (χ1v) is 13.1. The molecule has 3 rings (SSSR count). The van der Waals surface area contributed by atoms with Crippen LogP contribution < -0.4 is 0 Å². The molecule has 2 aromatic carbocycles. The summed E-state index contributed by atoms with van der Waals surface area (Å²) in [6.07, 6.45) is -1.68. The molecule has 0 N–H and O–H groups in total. The second-order valence-corrected chi connectivity index (χ2v) is 10.6. The van der Waals surface area contributed by atoms with Crippen molar-refractivity contribution in [3.8, 4) is 0 Å². The Bertz CT molecular complexity index is 1030. The Labute approximate surface area is 198 Å². The Kier molecular flexibility index (Phi) is 9.08. The molecular formula is C24H30F4N2O3S. The van der Waals surface area contributed by atoms with Crippen molar-refractivity contribution in [2.75, 3.05) is 32.5 Å². The van der Waals surface area contributed by atoms with Crippen molar-refractivity contribution < 1.29 is 30.7 Å². The number of benzene rings is 2. The van der Waals surface area contributed by atoms with Crippen LogP contribution in [0.1, 0.15) is 36.0 Å². The normalized spacial score (nSPS) is 17.9. The average Bonchev–Trinajstić information content (AvgIpc) is 2.77. The lowest BCUT2D eigenvalue weighted by atomic mass is 10.1. The number of sulfonamides is 1. The molecule has 0 bridgehead atoms. The van der Waals surface area contributed by atoms with Crippen molar-refractivity contribution >= 4 is 10.0 Å². The van der Waals surface area contributed by atoms with Crippen LogP contribution in [0.4, 0.5) is 17.6 Å². The number of ether oxygens (including phenoxy) is 1. The van der Waals surface area contributed by atoms with Crippen LogP contribution >= 0.6 is 0 Å². The van der Waals surface area contributed by atoms with Gasteiger partial charge in [-0.05, 0) is 30.9 Å². The lowest BCUT2D eigenvalue weighted by Crippen LogP contribution is -2.42. The van der Waals surface area contributed by atoms with E-state index in [9.17, 15) is 26.0 Å². The summed E-state index contributed by atoms with van der Waals surface area (Å²) in [7, 11) is -3.26. The van der Waals surface area contributed by atoms with Crippen LogP contribution in [0.5, 0.6) is 0 Å². The van der Waals surface area contributed by atoms with Crippen LogP contribution in [0.15, 0.2) is 48.5 Å². The summed E-state index contributed by atoms with van der Waals surface area (Å²) in [5.41, 5.74) is -0.310. The zero-order chi connectivity index (χ0) is 24.8. The number of nitrogens with zero attached hydrogens (tertiary/aromatic N) is 2. The highest BCUT2D eigenvalue weighted by Gasteiger charge is 2.35. The third-order valence-corrected chi connectivity index (χ3v) is 7.08. The molecule has 0 aromatic heterocycles. The predicted molar refractivity (Wildman–Crippen MR) is 122 cm³/mol. The highest BCUT2D eigenvalue weighted by atomic mass is 32.2. The third kappa shape index (κ3) is 7.76. The SMILES string of the molecule is CS(=O)(=O)N1CCCC(OCCCN(Cc2ccccc2)Cc2cccc(C(F)(F)F)c2F)C1. The molecule has 34 heavy (non-hydrogen) atoms. The topological polar surface area (TPSA) is 49.9 Å². The van der Waals surface area contributed by atoms with E-state index in [1.165, 1.54) is 22.7 Å². The Hall–Kier alpha value is -2.01. The molecule has 1 aliphatic rings. The number of rotatable bonds is 10. The van der Waals surface area contributed by atoms with Gasteiger partial charge in [0.15, 0.2) is 0 Å². The predicted octanol–water partition coefficient (Wildman–Crippen LogP) is 4.68. The van der Waals surface area contributed by atoms with E-state index in [-0.39, 0.29) is 18.2 Å². The summed E-state index contributed by atoms with van der Waals surface area (Å²) >= 11 is 0. The molecule has 0 aliphatic carbocycles. The van der Waals surface area contributed by atoms with Gasteiger partial charge in [0, 0.05) is 44.9 Å². The van der Waals surface area contributed by atoms with Crippen molar-refractivity contribution in [2.45, 2.75) is 44.6 Å². The van der Waals surface area contributed by atoms with E-state index >= 15 is 0 Å². The van der Waals surface area contributed by atoms with Crippen molar-refractivity contribution in [1.29, 1.82) is 0 Å². The van der Waals surface area contributed by atoms with Gasteiger partial charge in [-0.1, -0.05) is 42.5 Å². The Morgan fingerprint density at radius 3 is 2.50 bits per heavy atom. The fourth-order valence-electron chi connectivity index (χ4n) is 4.10. The number of piperidine rings is 1. The fourth-order valence-corrected chi connectivity index (χ4v) is 5.00. The first-order chi connectivity index (χ1) is 16.0. The molecular weight excluding hydrogens is 472 g/mol. The maximum atomic E-state index is 14.6.